The van der Waals surface area contributed by atoms with Gasteiger partial charge in [-0.1, -0.05) is 45.0 Å². The number of nitrogens with one attached hydrogen (secondary N) is 1. The molecule has 0 amide bonds. The summed E-state index contributed by atoms with van der Waals surface area (Å²) in [5, 5.41) is 0. The van der Waals surface area contributed by atoms with Crippen molar-refractivity contribution in [2.75, 3.05) is 6.54 Å². The fourth-order valence-electron chi connectivity index (χ4n) is 1.70. The van der Waals surface area contributed by atoms with Crippen LogP contribution in [0.4, 0.5) is 0 Å². The second kappa shape index (κ2) is 6.50. The van der Waals surface area contributed by atoms with E-state index in [-0.39, 0.29) is 11.2 Å². The van der Waals surface area contributed by atoms with E-state index < -0.39 is 10.0 Å². The lowest BCUT2D eigenvalue weighted by molar-refractivity contribution is 0.378. The molecule has 0 bridgehead atoms. The molecule has 0 saturated heterocycles. The molecular formula is C14H24N2O2S. The summed E-state index contributed by atoms with van der Waals surface area (Å²) in [4.78, 5) is 0. The Balaban J connectivity index is 2.59. The Kier molecular flexibility index (Phi) is 5.52. The van der Waals surface area contributed by atoms with Gasteiger partial charge in [-0.05, 0) is 23.0 Å². The second-order valence-electron chi connectivity index (χ2n) is 5.99. The second-order valence-corrected chi connectivity index (χ2v) is 7.80. The van der Waals surface area contributed by atoms with Crippen molar-refractivity contribution < 1.29 is 8.42 Å². The molecule has 0 spiro atoms. The summed E-state index contributed by atoms with van der Waals surface area (Å²) in [6.07, 6.45) is 0.815. The van der Waals surface area contributed by atoms with Crippen LogP contribution in [-0.4, -0.2) is 15.0 Å². The van der Waals surface area contributed by atoms with Gasteiger partial charge in [0.05, 0.1) is 5.75 Å². The van der Waals surface area contributed by atoms with E-state index >= 15 is 0 Å². The van der Waals surface area contributed by atoms with Crippen molar-refractivity contribution in [1.82, 2.24) is 4.72 Å². The van der Waals surface area contributed by atoms with E-state index in [0.717, 1.165) is 17.5 Å². The van der Waals surface area contributed by atoms with Crippen LogP contribution in [0.2, 0.25) is 0 Å². The predicted octanol–water partition coefficient (Wildman–Crippen LogP) is 2.00. The Morgan fingerprint density at radius 2 is 1.84 bits per heavy atom. The fourth-order valence-corrected chi connectivity index (χ4v) is 2.83. The summed E-state index contributed by atoms with van der Waals surface area (Å²) >= 11 is 0. The van der Waals surface area contributed by atoms with Gasteiger partial charge in [0, 0.05) is 13.1 Å². The van der Waals surface area contributed by atoms with Crippen LogP contribution in [-0.2, 0) is 22.3 Å². The molecule has 5 heteroatoms. The highest BCUT2D eigenvalue weighted by Gasteiger charge is 2.14. The number of hydrogen-bond acceptors (Lipinski definition) is 3. The van der Waals surface area contributed by atoms with E-state index in [1.165, 1.54) is 0 Å². The van der Waals surface area contributed by atoms with E-state index in [0.29, 0.717) is 13.1 Å². The van der Waals surface area contributed by atoms with Crippen LogP contribution in [0, 0.1) is 5.41 Å². The molecule has 0 radical (unpaired) electrons. The molecule has 4 nitrogen and oxygen atoms in total. The summed E-state index contributed by atoms with van der Waals surface area (Å²) in [5.74, 6) is 0.00494. The van der Waals surface area contributed by atoms with Crippen molar-refractivity contribution >= 4 is 10.0 Å². The lowest BCUT2D eigenvalue weighted by Crippen LogP contribution is -2.28. The van der Waals surface area contributed by atoms with Gasteiger partial charge in [-0.2, -0.15) is 0 Å². The lowest BCUT2D eigenvalue weighted by Gasteiger charge is -2.18. The lowest BCUT2D eigenvalue weighted by atomic mass is 9.93. The van der Waals surface area contributed by atoms with Crippen LogP contribution in [0.5, 0.6) is 0 Å². The number of hydrogen-bond donors (Lipinski definition) is 2. The smallest absolute Gasteiger partial charge is 0.215 e. The van der Waals surface area contributed by atoms with Crippen molar-refractivity contribution in [3.8, 4) is 0 Å². The highest BCUT2D eigenvalue weighted by Crippen LogP contribution is 2.17. The summed E-state index contributed by atoms with van der Waals surface area (Å²) in [5.41, 5.74) is 7.39. The first-order chi connectivity index (χ1) is 8.72. The molecule has 0 unspecified atom stereocenters. The van der Waals surface area contributed by atoms with Gasteiger partial charge in [0.1, 0.15) is 0 Å². The Morgan fingerprint density at radius 3 is 2.42 bits per heavy atom. The summed E-state index contributed by atoms with van der Waals surface area (Å²) in [6.45, 7) is 7.16. The first-order valence-electron chi connectivity index (χ1n) is 6.47. The average Bonchev–Trinajstić information content (AvgIpc) is 2.26. The maximum Gasteiger partial charge on any atom is 0.215 e. The molecule has 1 rings (SSSR count). The molecule has 0 aromatic heterocycles. The van der Waals surface area contributed by atoms with Crippen LogP contribution in [0.1, 0.15) is 38.3 Å². The van der Waals surface area contributed by atoms with Gasteiger partial charge in [0.15, 0.2) is 0 Å². The normalized spacial score (nSPS) is 12.6. The number of rotatable bonds is 6. The molecule has 0 atom stereocenters. The van der Waals surface area contributed by atoms with Crippen LogP contribution >= 0.6 is 0 Å². The number of sulfonamides is 1. The molecule has 19 heavy (non-hydrogen) atoms. The standard InChI is InChI=1S/C14H24N2O2S/c1-14(2,3)7-8-16-19(17,18)11-13-6-4-5-12(9-13)10-15/h4-6,9,16H,7-8,10-11,15H2,1-3H3. The van der Waals surface area contributed by atoms with Crippen LogP contribution in [0.3, 0.4) is 0 Å². The van der Waals surface area contributed by atoms with Gasteiger partial charge < -0.3 is 5.73 Å². The third kappa shape index (κ3) is 6.71. The minimum atomic E-state index is -3.27. The fraction of sp³-hybridized carbons (Fsp3) is 0.571. The highest BCUT2D eigenvalue weighted by molar-refractivity contribution is 7.88. The quantitative estimate of drug-likeness (QED) is 0.839. The van der Waals surface area contributed by atoms with Gasteiger partial charge in [0.2, 0.25) is 10.0 Å². The van der Waals surface area contributed by atoms with Crippen LogP contribution in [0.25, 0.3) is 0 Å². The molecule has 1 aromatic rings. The third-order valence-electron chi connectivity index (χ3n) is 2.78. The van der Waals surface area contributed by atoms with Crippen molar-refractivity contribution in [2.45, 2.75) is 39.5 Å². The minimum absolute atomic E-state index is 0.00494. The van der Waals surface area contributed by atoms with Crippen LogP contribution < -0.4 is 10.5 Å². The van der Waals surface area contributed by atoms with Crippen molar-refractivity contribution in [2.24, 2.45) is 11.1 Å². The molecule has 0 saturated carbocycles. The zero-order valence-corrected chi connectivity index (χ0v) is 12.8. The molecule has 0 aliphatic rings. The Morgan fingerprint density at radius 1 is 1.21 bits per heavy atom. The van der Waals surface area contributed by atoms with Gasteiger partial charge in [-0.15, -0.1) is 0 Å². The van der Waals surface area contributed by atoms with E-state index in [1.54, 1.807) is 0 Å². The first kappa shape index (κ1) is 16.1. The summed E-state index contributed by atoms with van der Waals surface area (Å²) < 4.78 is 26.5. The SMILES string of the molecule is CC(C)(C)CCNS(=O)(=O)Cc1cccc(CN)c1. The zero-order valence-electron chi connectivity index (χ0n) is 11.9. The molecule has 0 aliphatic heterocycles. The minimum Gasteiger partial charge on any atom is -0.326 e. The van der Waals surface area contributed by atoms with Crippen molar-refractivity contribution in [1.29, 1.82) is 0 Å². The van der Waals surface area contributed by atoms with Gasteiger partial charge in [-0.3, -0.25) is 0 Å². The van der Waals surface area contributed by atoms with Crippen LogP contribution in [0.15, 0.2) is 24.3 Å². The Bertz CT molecular complexity index is 504. The maximum atomic E-state index is 11.9. The molecule has 0 fully saturated rings. The van der Waals surface area contributed by atoms with Crippen molar-refractivity contribution in [3.63, 3.8) is 0 Å². The average molecular weight is 284 g/mol. The van der Waals surface area contributed by atoms with Crippen molar-refractivity contribution in [3.05, 3.63) is 35.4 Å². The number of benzene rings is 1. The maximum absolute atomic E-state index is 11.9. The number of nitrogens with two attached hydrogens (primary N) is 1. The van der Waals surface area contributed by atoms with Gasteiger partial charge >= 0.3 is 0 Å². The highest BCUT2D eigenvalue weighted by atomic mass is 32.2. The van der Waals surface area contributed by atoms with Gasteiger partial charge in [0.25, 0.3) is 0 Å². The first-order valence-corrected chi connectivity index (χ1v) is 8.12. The van der Waals surface area contributed by atoms with E-state index in [4.69, 9.17) is 5.73 Å². The third-order valence-corrected chi connectivity index (χ3v) is 4.14. The largest absolute Gasteiger partial charge is 0.326 e. The zero-order chi connectivity index (χ0) is 14.5. The van der Waals surface area contributed by atoms with E-state index in [1.807, 2.05) is 24.3 Å². The molecule has 0 heterocycles. The molecular weight excluding hydrogens is 260 g/mol. The summed E-state index contributed by atoms with van der Waals surface area (Å²) in [7, 11) is -3.27. The van der Waals surface area contributed by atoms with Gasteiger partial charge in [-0.25, -0.2) is 13.1 Å². The summed E-state index contributed by atoms with van der Waals surface area (Å²) in [6, 6.07) is 7.37. The topological polar surface area (TPSA) is 72.2 Å². The van der Waals surface area contributed by atoms with E-state index in [9.17, 15) is 8.42 Å². The monoisotopic (exact) mass is 284 g/mol. The molecule has 108 valence electrons. The molecule has 1 aromatic carbocycles. The van der Waals surface area contributed by atoms with E-state index in [2.05, 4.69) is 25.5 Å². The molecule has 0 aliphatic carbocycles. The Labute approximate surface area is 116 Å². The molecule has 3 N–H and O–H groups in total. The predicted molar refractivity (Wildman–Crippen MR) is 79.0 cm³/mol. The Hall–Kier alpha value is -0.910.